The van der Waals surface area contributed by atoms with Crippen LogP contribution in [0.1, 0.15) is 132 Å². The van der Waals surface area contributed by atoms with Gasteiger partial charge in [-0.15, -0.1) is 33.5 Å². The van der Waals surface area contributed by atoms with Crippen LogP contribution in [0, 0.1) is 31.6 Å². The van der Waals surface area contributed by atoms with Crippen LogP contribution < -0.4 is 25.7 Å². The number of hydrogen-bond acceptors (Lipinski definition) is 6. The number of aldehydes is 1. The fourth-order valence-electron chi connectivity index (χ4n) is 8.18. The number of esters is 2. The molecule has 2 aliphatic heterocycles. The minimum atomic E-state index is -0.762. The monoisotopic (exact) mass is 766 g/mol. The molecule has 290 valence electrons. The SMILES string of the molecule is C=Cc1c2[n-]c(c1C)/C=C1\[N-]C(C3=C(C(=O)OC)C(=O)c4c3[n-]c(c4C)/C=c3\[n-]/c(c(C=O)c3CC)=C\2)[C@@H](CCC(=O)OC/C=C(\C)CCCC(C)C)[C@@H]1C.[Mg+2]. The molecule has 1 aliphatic carbocycles. The summed E-state index contributed by atoms with van der Waals surface area (Å²) in [7, 11) is 1.25. The zero-order valence-electron chi connectivity index (χ0n) is 33.9. The fraction of sp³-hybridized carbons (Fsp3) is 0.422. The number of aromatic nitrogens is 3. The van der Waals surface area contributed by atoms with Crippen LogP contribution in [-0.2, 0) is 25.5 Å². The van der Waals surface area contributed by atoms with Crippen LogP contribution in [-0.4, -0.2) is 66.8 Å². The van der Waals surface area contributed by atoms with Crippen LogP contribution in [0.2, 0.25) is 0 Å². The Morgan fingerprint density at radius 1 is 0.982 bits per heavy atom. The van der Waals surface area contributed by atoms with Crippen molar-refractivity contribution in [2.45, 2.75) is 93.0 Å². The van der Waals surface area contributed by atoms with E-state index in [4.69, 9.17) is 29.7 Å². The van der Waals surface area contributed by atoms with E-state index in [1.165, 1.54) is 12.7 Å². The normalized spacial score (nSPS) is 20.7. The number of hydrogen-bond donors (Lipinski definition) is 0. The zero-order chi connectivity index (χ0) is 39.7. The third kappa shape index (κ3) is 7.98. The summed E-state index contributed by atoms with van der Waals surface area (Å²) in [5.41, 5.74) is 8.20. The van der Waals surface area contributed by atoms with Crippen molar-refractivity contribution in [1.82, 2.24) is 15.0 Å². The Bertz CT molecular complexity index is 2290. The van der Waals surface area contributed by atoms with Gasteiger partial charge in [0.1, 0.15) is 18.5 Å². The average molecular weight is 767 g/mol. The van der Waals surface area contributed by atoms with Gasteiger partial charge in [0.15, 0.2) is 5.78 Å². The first kappa shape index (κ1) is 42.5. The standard InChI is InChI=1S/C45H52N4O6.Mg/c1-10-28-25(6)32-19-33-26(7)30(15-16-38(51)55-18-17-24(5)14-12-13-23(3)4)42(48-33)40-41(45(53)54-9)44(52)39-27(8)34(49-43(39)40)20-36-29(11-2)31(22-50)37(47-36)21-35(28)46-32;/h10,17,19-23,26,30,42H,1,11-16,18H2,2-9H3,(H2-2,46,47,48,49,50,52,53);/q-2;+2/p-2/b24-17+;/t26-,30-,42?;/m0./s1. The molecule has 56 heavy (non-hydrogen) atoms. The van der Waals surface area contributed by atoms with Gasteiger partial charge in [0, 0.05) is 17.5 Å². The first-order valence-electron chi connectivity index (χ1n) is 19.3. The second kappa shape index (κ2) is 17.7. The minimum Gasteiger partial charge on any atom is -0.681 e. The van der Waals surface area contributed by atoms with Crippen LogP contribution in [0.3, 0.4) is 0 Å². The van der Waals surface area contributed by atoms with Gasteiger partial charge in [-0.3, -0.25) is 14.4 Å². The first-order chi connectivity index (χ1) is 26.3. The molecule has 11 heteroatoms. The molecule has 0 aromatic carbocycles. The molecule has 6 rings (SSSR count). The van der Waals surface area contributed by atoms with E-state index >= 15 is 0 Å². The second-order valence-electron chi connectivity index (χ2n) is 15.3. The number of ketones is 1. The third-order valence-corrected chi connectivity index (χ3v) is 11.4. The summed E-state index contributed by atoms with van der Waals surface area (Å²) >= 11 is 0. The van der Waals surface area contributed by atoms with Crippen molar-refractivity contribution in [3.05, 3.63) is 102 Å². The summed E-state index contributed by atoms with van der Waals surface area (Å²) < 4.78 is 10.8. The van der Waals surface area contributed by atoms with Gasteiger partial charge in [-0.2, -0.15) is 5.70 Å². The van der Waals surface area contributed by atoms with Gasteiger partial charge in [0.2, 0.25) is 0 Å². The maximum absolute atomic E-state index is 14.2. The molecule has 0 N–H and O–H groups in total. The van der Waals surface area contributed by atoms with E-state index < -0.39 is 17.8 Å². The van der Waals surface area contributed by atoms with Gasteiger partial charge in [0.05, 0.1) is 7.11 Å². The molecule has 1 saturated heterocycles. The summed E-state index contributed by atoms with van der Waals surface area (Å²) in [6, 6.07) is -0.691. The van der Waals surface area contributed by atoms with Crippen LogP contribution >= 0.6 is 0 Å². The van der Waals surface area contributed by atoms with Crippen molar-refractivity contribution in [2.24, 2.45) is 17.8 Å². The summed E-state index contributed by atoms with van der Waals surface area (Å²) in [6.07, 6.45) is 14.3. The van der Waals surface area contributed by atoms with Crippen LogP contribution in [0.15, 0.2) is 29.5 Å². The Morgan fingerprint density at radius 3 is 2.36 bits per heavy atom. The van der Waals surface area contributed by atoms with Crippen LogP contribution in [0.4, 0.5) is 0 Å². The molecule has 0 amide bonds. The third-order valence-electron chi connectivity index (χ3n) is 11.4. The van der Waals surface area contributed by atoms with Crippen molar-refractivity contribution in [1.29, 1.82) is 0 Å². The Hall–Kier alpha value is -4.61. The topological polar surface area (TPSA) is 143 Å². The molecule has 10 nitrogen and oxygen atoms in total. The molecule has 1 fully saturated rings. The Balaban J connectivity index is 0.00000600. The molecule has 0 spiro atoms. The van der Waals surface area contributed by atoms with Crippen molar-refractivity contribution in [2.75, 3.05) is 13.7 Å². The Morgan fingerprint density at radius 2 is 1.70 bits per heavy atom. The van der Waals surface area contributed by atoms with E-state index in [1.807, 2.05) is 39.0 Å². The number of nitrogens with zero attached hydrogens (tertiary/aromatic N) is 4. The Labute approximate surface area is 345 Å². The smallest absolute Gasteiger partial charge is 0.681 e. The molecule has 0 radical (unpaired) electrons. The van der Waals surface area contributed by atoms with Crippen molar-refractivity contribution >= 4 is 76.9 Å². The predicted molar refractivity (Wildman–Crippen MR) is 219 cm³/mol. The molecule has 5 heterocycles. The van der Waals surface area contributed by atoms with E-state index in [1.54, 1.807) is 19.1 Å². The Kier molecular flexibility index (Phi) is 13.4. The van der Waals surface area contributed by atoms with Crippen molar-refractivity contribution < 1.29 is 28.7 Å². The number of Topliss-reactive ketones (excluding diaryl/α,β-unsaturated/α-hetero) is 1. The second-order valence-corrected chi connectivity index (χ2v) is 15.3. The first-order valence-corrected chi connectivity index (χ1v) is 19.3. The van der Waals surface area contributed by atoms with Gasteiger partial charge in [-0.1, -0.05) is 98.9 Å². The predicted octanol–water partition coefficient (Wildman–Crippen LogP) is 6.05. The summed E-state index contributed by atoms with van der Waals surface area (Å²) in [4.78, 5) is 68.2. The number of ether oxygens (including phenoxy) is 2. The van der Waals surface area contributed by atoms with Crippen LogP contribution in [0.5, 0.6) is 0 Å². The maximum Gasteiger partial charge on any atom is 2.00 e. The van der Waals surface area contributed by atoms with Crippen LogP contribution in [0.25, 0.3) is 35.2 Å². The molecule has 3 aromatic rings. The number of rotatable bonds is 13. The molecule has 3 aromatic heterocycles. The molecular weight excluding hydrogens is 717 g/mol. The number of fused-ring (bicyclic) bond motifs is 8. The molecule has 3 aliphatic rings. The fourth-order valence-corrected chi connectivity index (χ4v) is 8.18. The molecule has 1 unspecified atom stereocenters. The van der Waals surface area contributed by atoms with Gasteiger partial charge in [-0.25, -0.2) is 4.79 Å². The van der Waals surface area contributed by atoms with Gasteiger partial charge in [-0.05, 0) is 75.8 Å². The van der Waals surface area contributed by atoms with Gasteiger partial charge in [0.25, 0.3) is 0 Å². The summed E-state index contributed by atoms with van der Waals surface area (Å²) in [5.74, 6) is -1.41. The zero-order valence-corrected chi connectivity index (χ0v) is 35.3. The maximum atomic E-state index is 14.2. The number of methoxy groups -OCH3 is 1. The van der Waals surface area contributed by atoms with E-state index in [2.05, 4.69) is 27.4 Å². The largest absolute Gasteiger partial charge is 2.00 e. The van der Waals surface area contributed by atoms with Gasteiger partial charge >= 0.3 is 35.0 Å². The van der Waals surface area contributed by atoms with Crippen molar-refractivity contribution in [3.8, 4) is 0 Å². The molecular formula is C45H50MgN4O6-2. The van der Waals surface area contributed by atoms with E-state index in [9.17, 15) is 19.2 Å². The number of carbonyl (C=O) groups is 4. The minimum absolute atomic E-state index is 0. The quantitative estimate of drug-likeness (QED) is 0.0668. The van der Waals surface area contributed by atoms with Gasteiger partial charge < -0.3 is 29.7 Å². The average Bonchev–Trinajstić information content (AvgIpc) is 3.90. The molecule has 3 atom stereocenters. The van der Waals surface area contributed by atoms with Crippen molar-refractivity contribution in [3.63, 3.8) is 0 Å². The van der Waals surface area contributed by atoms with E-state index in [0.717, 1.165) is 42.2 Å². The summed E-state index contributed by atoms with van der Waals surface area (Å²) in [5, 5.41) is 6.27. The van der Waals surface area contributed by atoms with E-state index in [-0.39, 0.29) is 59.5 Å². The summed E-state index contributed by atoms with van der Waals surface area (Å²) in [6.45, 7) is 18.5. The molecule has 0 saturated carbocycles. The molecule has 8 bridgehead atoms. The number of carbonyl (C=O) groups excluding carboxylic acids is 4. The van der Waals surface area contributed by atoms with E-state index in [0.29, 0.717) is 80.2 Å². The number of allylic oxidation sites excluding steroid dienone is 2.